The molecule has 0 aliphatic carbocycles. The van der Waals surface area contributed by atoms with Crippen molar-refractivity contribution in [3.8, 4) is 5.75 Å². The molecule has 0 radical (unpaired) electrons. The van der Waals surface area contributed by atoms with Gasteiger partial charge in [-0.3, -0.25) is 9.59 Å². The molecule has 2 amide bonds. The molecule has 0 saturated heterocycles. The molecule has 0 aromatic heterocycles. The number of hydrogen-bond acceptors (Lipinski definition) is 4. The van der Waals surface area contributed by atoms with Crippen molar-refractivity contribution in [2.45, 2.75) is 13.8 Å². The summed E-state index contributed by atoms with van der Waals surface area (Å²) in [5, 5.41) is 3.48. The second kappa shape index (κ2) is 8.28. The fourth-order valence-corrected chi connectivity index (χ4v) is 3.76. The number of aryl methyl sites for hydroxylation is 2. The zero-order valence-corrected chi connectivity index (χ0v) is 18.2. The molecule has 1 aliphatic heterocycles. The van der Waals surface area contributed by atoms with Crippen molar-refractivity contribution in [1.82, 2.24) is 0 Å². The van der Waals surface area contributed by atoms with Crippen LogP contribution < -0.4 is 15.0 Å². The Morgan fingerprint density at radius 3 is 2.23 bits per heavy atom. The van der Waals surface area contributed by atoms with Crippen molar-refractivity contribution in [2.75, 3.05) is 17.3 Å². The molecule has 156 valence electrons. The number of imide groups is 1. The van der Waals surface area contributed by atoms with E-state index in [1.165, 1.54) is 0 Å². The van der Waals surface area contributed by atoms with E-state index in [4.69, 9.17) is 16.3 Å². The molecule has 1 heterocycles. The molecule has 0 spiro atoms. The van der Waals surface area contributed by atoms with Crippen LogP contribution in [0.4, 0.5) is 11.4 Å². The lowest BCUT2D eigenvalue weighted by atomic mass is 10.0. The minimum absolute atomic E-state index is 0.178. The molecular formula is C25H21ClN2O3. The van der Waals surface area contributed by atoms with E-state index in [0.29, 0.717) is 27.7 Å². The van der Waals surface area contributed by atoms with Gasteiger partial charge in [0, 0.05) is 0 Å². The average Bonchev–Trinajstić information content (AvgIpc) is 2.99. The molecule has 0 fully saturated rings. The number of hydrogen-bond donors (Lipinski definition) is 1. The number of benzene rings is 3. The number of amides is 2. The Morgan fingerprint density at radius 1 is 0.871 bits per heavy atom. The summed E-state index contributed by atoms with van der Waals surface area (Å²) in [5.74, 6) is -0.342. The van der Waals surface area contributed by atoms with E-state index in [2.05, 4.69) is 5.32 Å². The van der Waals surface area contributed by atoms with Crippen molar-refractivity contribution < 1.29 is 14.3 Å². The number of halogens is 1. The van der Waals surface area contributed by atoms with Gasteiger partial charge >= 0.3 is 0 Å². The first-order valence-corrected chi connectivity index (χ1v) is 10.1. The van der Waals surface area contributed by atoms with Gasteiger partial charge in [0.05, 0.1) is 29.1 Å². The number of carbonyl (C=O) groups excluding carboxylic acids is 2. The fourth-order valence-electron chi connectivity index (χ4n) is 3.54. The summed E-state index contributed by atoms with van der Waals surface area (Å²) >= 11 is 6.32. The number of methoxy groups -OCH3 is 1. The Hall–Kier alpha value is -3.57. The molecule has 31 heavy (non-hydrogen) atoms. The van der Waals surface area contributed by atoms with Crippen molar-refractivity contribution >= 4 is 40.4 Å². The van der Waals surface area contributed by atoms with Crippen LogP contribution in [-0.4, -0.2) is 18.9 Å². The van der Waals surface area contributed by atoms with Crippen LogP contribution >= 0.6 is 11.6 Å². The maximum Gasteiger partial charge on any atom is 0.282 e. The molecule has 1 N–H and O–H groups in total. The van der Waals surface area contributed by atoms with Gasteiger partial charge in [0.2, 0.25) is 0 Å². The van der Waals surface area contributed by atoms with Crippen molar-refractivity contribution in [1.29, 1.82) is 0 Å². The molecule has 4 rings (SSSR count). The maximum absolute atomic E-state index is 13.5. The quantitative estimate of drug-likeness (QED) is 0.551. The summed E-state index contributed by atoms with van der Waals surface area (Å²) in [7, 11) is 1.56. The highest BCUT2D eigenvalue weighted by Gasteiger charge is 2.41. The minimum atomic E-state index is -0.475. The number of nitrogens with zero attached hydrogens (tertiary/aromatic N) is 1. The van der Waals surface area contributed by atoms with Crippen LogP contribution in [0.25, 0.3) is 5.57 Å². The van der Waals surface area contributed by atoms with Gasteiger partial charge in [-0.1, -0.05) is 59.6 Å². The van der Waals surface area contributed by atoms with Gasteiger partial charge in [0.15, 0.2) is 0 Å². The lowest BCUT2D eigenvalue weighted by Gasteiger charge is -2.17. The molecule has 0 atom stereocenters. The van der Waals surface area contributed by atoms with E-state index in [0.717, 1.165) is 16.0 Å². The molecule has 0 bridgehead atoms. The molecular weight excluding hydrogens is 412 g/mol. The standard InChI is InChI=1S/C25H21ClN2O3/c1-15-8-11-17(12-9-15)22-23(27-19-14-16(2)10-13-21(19)31-3)25(30)28(24(22)29)20-7-5-4-6-18(20)26/h4-14,27H,1-3H3. The summed E-state index contributed by atoms with van der Waals surface area (Å²) in [4.78, 5) is 28.1. The van der Waals surface area contributed by atoms with Crippen LogP contribution in [0.3, 0.4) is 0 Å². The fraction of sp³-hybridized carbons (Fsp3) is 0.120. The number of carbonyl (C=O) groups is 2. The first-order chi connectivity index (χ1) is 14.9. The van der Waals surface area contributed by atoms with Gasteiger partial charge in [0.25, 0.3) is 11.8 Å². The SMILES string of the molecule is COc1ccc(C)cc1NC1=C(c2ccc(C)cc2)C(=O)N(c2ccccc2Cl)C1=O. The van der Waals surface area contributed by atoms with E-state index in [-0.39, 0.29) is 11.3 Å². The second-order valence-electron chi connectivity index (χ2n) is 7.34. The summed E-state index contributed by atoms with van der Waals surface area (Å²) in [6, 6.07) is 19.9. The average molecular weight is 433 g/mol. The van der Waals surface area contributed by atoms with Gasteiger partial charge in [-0.25, -0.2) is 4.90 Å². The maximum atomic E-state index is 13.5. The van der Waals surface area contributed by atoms with Crippen molar-refractivity contribution in [3.05, 3.63) is 94.1 Å². The normalized spacial score (nSPS) is 13.7. The van der Waals surface area contributed by atoms with Crippen LogP contribution in [0.1, 0.15) is 16.7 Å². The molecule has 3 aromatic rings. The molecule has 0 saturated carbocycles. The number of anilines is 2. The van der Waals surface area contributed by atoms with E-state index in [1.54, 1.807) is 31.4 Å². The molecule has 3 aromatic carbocycles. The summed E-state index contributed by atoms with van der Waals surface area (Å²) < 4.78 is 5.44. The summed E-state index contributed by atoms with van der Waals surface area (Å²) in [5.41, 5.74) is 4.10. The molecule has 5 nitrogen and oxygen atoms in total. The lowest BCUT2D eigenvalue weighted by molar-refractivity contribution is -0.120. The number of rotatable bonds is 5. The highest BCUT2D eigenvalue weighted by molar-refractivity contribution is 6.48. The monoisotopic (exact) mass is 432 g/mol. The van der Waals surface area contributed by atoms with Crippen molar-refractivity contribution in [3.63, 3.8) is 0 Å². The Bertz CT molecular complexity index is 1220. The predicted octanol–water partition coefficient (Wildman–Crippen LogP) is 5.36. The van der Waals surface area contributed by atoms with Gasteiger partial charge in [0.1, 0.15) is 11.4 Å². The zero-order valence-electron chi connectivity index (χ0n) is 17.4. The Morgan fingerprint density at radius 2 is 1.55 bits per heavy atom. The van der Waals surface area contributed by atoms with Crippen LogP contribution in [0.2, 0.25) is 5.02 Å². The first kappa shape index (κ1) is 20.7. The lowest BCUT2D eigenvalue weighted by Crippen LogP contribution is -2.32. The Balaban J connectivity index is 1.87. The summed E-state index contributed by atoms with van der Waals surface area (Å²) in [6.45, 7) is 3.91. The van der Waals surface area contributed by atoms with Gasteiger partial charge in [-0.05, 0) is 49.2 Å². The molecule has 1 aliphatic rings. The third-order valence-electron chi connectivity index (χ3n) is 5.13. The first-order valence-electron chi connectivity index (χ1n) is 9.77. The van der Waals surface area contributed by atoms with E-state index in [1.807, 2.05) is 56.3 Å². The third-order valence-corrected chi connectivity index (χ3v) is 5.45. The Kier molecular flexibility index (Phi) is 5.53. The van der Waals surface area contributed by atoms with Gasteiger partial charge in [-0.2, -0.15) is 0 Å². The highest BCUT2D eigenvalue weighted by Crippen LogP contribution is 2.38. The zero-order chi connectivity index (χ0) is 22.1. The third kappa shape index (κ3) is 3.80. The van der Waals surface area contributed by atoms with Crippen molar-refractivity contribution in [2.24, 2.45) is 0 Å². The van der Waals surface area contributed by atoms with Crippen LogP contribution in [-0.2, 0) is 9.59 Å². The van der Waals surface area contributed by atoms with E-state index < -0.39 is 11.8 Å². The van der Waals surface area contributed by atoms with Crippen LogP contribution in [0, 0.1) is 13.8 Å². The van der Waals surface area contributed by atoms with E-state index in [9.17, 15) is 9.59 Å². The molecule has 6 heteroatoms. The smallest absolute Gasteiger partial charge is 0.282 e. The van der Waals surface area contributed by atoms with E-state index >= 15 is 0 Å². The van der Waals surface area contributed by atoms with Gasteiger partial charge in [-0.15, -0.1) is 0 Å². The predicted molar refractivity (Wildman–Crippen MR) is 123 cm³/mol. The minimum Gasteiger partial charge on any atom is -0.495 e. The molecule has 0 unspecified atom stereocenters. The second-order valence-corrected chi connectivity index (χ2v) is 7.75. The largest absolute Gasteiger partial charge is 0.495 e. The number of para-hydroxylation sites is 1. The Labute approximate surface area is 185 Å². The number of ether oxygens (including phenoxy) is 1. The topological polar surface area (TPSA) is 58.6 Å². The number of nitrogens with one attached hydrogen (secondary N) is 1. The summed E-state index contributed by atoms with van der Waals surface area (Å²) in [6.07, 6.45) is 0. The highest BCUT2D eigenvalue weighted by atomic mass is 35.5. The van der Waals surface area contributed by atoms with Crippen LogP contribution in [0.15, 0.2) is 72.4 Å². The van der Waals surface area contributed by atoms with Gasteiger partial charge < -0.3 is 10.1 Å². The van der Waals surface area contributed by atoms with Crippen LogP contribution in [0.5, 0.6) is 5.75 Å².